The van der Waals surface area contributed by atoms with Crippen molar-refractivity contribution in [2.75, 3.05) is 6.61 Å². The maximum atomic E-state index is 12.6. The highest BCUT2D eigenvalue weighted by atomic mass is 32.1. The van der Waals surface area contributed by atoms with E-state index in [4.69, 9.17) is 9.47 Å². The van der Waals surface area contributed by atoms with Crippen LogP contribution in [0.4, 0.5) is 13.2 Å². The number of hydrogen-bond acceptors (Lipinski definition) is 5. The number of halogens is 3. The van der Waals surface area contributed by atoms with Crippen molar-refractivity contribution in [2.24, 2.45) is 0 Å². The molecule has 0 unspecified atom stereocenters. The third kappa shape index (κ3) is 3.94. The van der Waals surface area contributed by atoms with Crippen LogP contribution in [0.3, 0.4) is 0 Å². The van der Waals surface area contributed by atoms with Gasteiger partial charge < -0.3 is 9.47 Å². The lowest BCUT2D eigenvalue weighted by Crippen LogP contribution is -2.05. The van der Waals surface area contributed by atoms with Crippen molar-refractivity contribution in [1.29, 1.82) is 0 Å². The zero-order valence-corrected chi connectivity index (χ0v) is 11.6. The van der Waals surface area contributed by atoms with Gasteiger partial charge in [-0.05, 0) is 25.1 Å². The van der Waals surface area contributed by atoms with E-state index in [1.807, 2.05) is 0 Å². The molecule has 0 bridgehead atoms. The molecule has 112 valence electrons. The summed E-state index contributed by atoms with van der Waals surface area (Å²) in [6, 6.07) is 4.42. The molecule has 1 aromatic heterocycles. The van der Waals surface area contributed by atoms with Crippen LogP contribution in [-0.2, 0) is 10.9 Å². The molecule has 0 aliphatic heterocycles. The van der Waals surface area contributed by atoms with E-state index < -0.39 is 17.7 Å². The molecule has 0 atom stereocenters. The van der Waals surface area contributed by atoms with Crippen molar-refractivity contribution >= 4 is 17.3 Å². The number of benzene rings is 1. The lowest BCUT2D eigenvalue weighted by Gasteiger charge is -2.08. The van der Waals surface area contributed by atoms with Gasteiger partial charge in [0.15, 0.2) is 5.69 Å². The van der Waals surface area contributed by atoms with E-state index in [-0.39, 0.29) is 23.2 Å². The second-order valence-electron chi connectivity index (χ2n) is 3.85. The Hall–Kier alpha value is -2.09. The molecule has 1 aromatic carbocycles. The Morgan fingerprint density at radius 3 is 2.81 bits per heavy atom. The average molecular weight is 317 g/mol. The third-order valence-corrected chi connectivity index (χ3v) is 3.05. The predicted octanol–water partition coefficient (Wildman–Crippen LogP) is 4.13. The van der Waals surface area contributed by atoms with Crippen molar-refractivity contribution < 1.29 is 27.4 Å². The highest BCUT2D eigenvalue weighted by Crippen LogP contribution is 2.33. The van der Waals surface area contributed by atoms with Crippen LogP contribution in [0.5, 0.6) is 10.9 Å². The highest BCUT2D eigenvalue weighted by molar-refractivity contribution is 7.11. The molecule has 0 spiro atoms. The Morgan fingerprint density at radius 1 is 1.38 bits per heavy atom. The summed E-state index contributed by atoms with van der Waals surface area (Å²) in [5, 5.41) is 1.48. The molecule has 0 saturated heterocycles. The number of thiazole rings is 1. The van der Waals surface area contributed by atoms with Crippen LogP contribution in [0.15, 0.2) is 29.6 Å². The number of ether oxygens (including phenoxy) is 2. The number of aromatic nitrogens is 1. The highest BCUT2D eigenvalue weighted by Gasteiger charge is 2.30. The average Bonchev–Trinajstić information content (AvgIpc) is 2.87. The minimum absolute atomic E-state index is 0.00501. The summed E-state index contributed by atoms with van der Waals surface area (Å²) in [5.41, 5.74) is -0.758. The molecule has 4 nitrogen and oxygen atoms in total. The second kappa shape index (κ2) is 6.13. The van der Waals surface area contributed by atoms with Crippen LogP contribution in [0.2, 0.25) is 0 Å². The molecule has 0 aliphatic rings. The lowest BCUT2D eigenvalue weighted by molar-refractivity contribution is -0.137. The third-order valence-electron chi connectivity index (χ3n) is 2.33. The van der Waals surface area contributed by atoms with Crippen LogP contribution >= 0.6 is 11.3 Å². The fourth-order valence-electron chi connectivity index (χ4n) is 1.44. The van der Waals surface area contributed by atoms with Crippen LogP contribution < -0.4 is 4.74 Å². The summed E-state index contributed by atoms with van der Waals surface area (Å²) in [7, 11) is 0. The zero-order chi connectivity index (χ0) is 15.5. The molecule has 0 aliphatic carbocycles. The Bertz CT molecular complexity index is 640. The first-order chi connectivity index (χ1) is 9.90. The zero-order valence-electron chi connectivity index (χ0n) is 10.8. The van der Waals surface area contributed by atoms with E-state index in [0.29, 0.717) is 0 Å². The SMILES string of the molecule is CCOC(=O)c1csc(Oc2cccc(C(F)(F)F)c2)n1. The summed E-state index contributed by atoms with van der Waals surface area (Å²) in [4.78, 5) is 15.3. The van der Waals surface area contributed by atoms with Crippen molar-refractivity contribution in [2.45, 2.75) is 13.1 Å². The minimum atomic E-state index is -4.45. The quantitative estimate of drug-likeness (QED) is 0.796. The van der Waals surface area contributed by atoms with E-state index in [2.05, 4.69) is 4.98 Å². The summed E-state index contributed by atoms with van der Waals surface area (Å²) in [5.74, 6) is -0.609. The standard InChI is InChI=1S/C13H10F3NO3S/c1-2-19-11(18)10-7-21-12(17-10)20-9-5-3-4-8(6-9)13(14,15)16/h3-7H,2H2,1H3. The topological polar surface area (TPSA) is 48.4 Å². The van der Waals surface area contributed by atoms with Crippen LogP contribution in [-0.4, -0.2) is 17.6 Å². The molecule has 21 heavy (non-hydrogen) atoms. The summed E-state index contributed by atoms with van der Waals surface area (Å²) in [6.45, 7) is 1.87. The molecular weight excluding hydrogens is 307 g/mol. The van der Waals surface area contributed by atoms with Gasteiger partial charge in [-0.15, -0.1) is 0 Å². The Kier molecular flexibility index (Phi) is 4.46. The van der Waals surface area contributed by atoms with Gasteiger partial charge in [-0.1, -0.05) is 17.4 Å². The Labute approximate surface area is 122 Å². The van der Waals surface area contributed by atoms with Gasteiger partial charge in [0.1, 0.15) is 5.75 Å². The van der Waals surface area contributed by atoms with Gasteiger partial charge in [0, 0.05) is 5.38 Å². The molecule has 2 rings (SSSR count). The van der Waals surface area contributed by atoms with Gasteiger partial charge in [-0.2, -0.15) is 18.2 Å². The number of esters is 1. The van der Waals surface area contributed by atoms with Crippen molar-refractivity contribution in [1.82, 2.24) is 4.98 Å². The Morgan fingerprint density at radius 2 is 2.14 bits per heavy atom. The number of nitrogens with zero attached hydrogens (tertiary/aromatic N) is 1. The van der Waals surface area contributed by atoms with E-state index in [1.54, 1.807) is 6.92 Å². The van der Waals surface area contributed by atoms with E-state index in [9.17, 15) is 18.0 Å². The first-order valence-electron chi connectivity index (χ1n) is 5.88. The van der Waals surface area contributed by atoms with Gasteiger partial charge in [0.25, 0.3) is 5.19 Å². The Balaban J connectivity index is 2.14. The van der Waals surface area contributed by atoms with Crippen molar-refractivity contribution in [3.8, 4) is 10.9 Å². The number of alkyl halides is 3. The minimum Gasteiger partial charge on any atom is -0.461 e. The van der Waals surface area contributed by atoms with Gasteiger partial charge >= 0.3 is 12.1 Å². The summed E-state index contributed by atoms with van der Waals surface area (Å²) >= 11 is 0.997. The molecule has 0 fully saturated rings. The van der Waals surface area contributed by atoms with E-state index in [1.165, 1.54) is 17.5 Å². The smallest absolute Gasteiger partial charge is 0.416 e. The summed E-state index contributed by atoms with van der Waals surface area (Å²) in [6.07, 6.45) is -4.45. The predicted molar refractivity (Wildman–Crippen MR) is 69.6 cm³/mol. The molecule has 0 saturated carbocycles. The second-order valence-corrected chi connectivity index (χ2v) is 4.67. The largest absolute Gasteiger partial charge is 0.461 e. The van der Waals surface area contributed by atoms with Crippen LogP contribution in [0.1, 0.15) is 23.0 Å². The van der Waals surface area contributed by atoms with E-state index in [0.717, 1.165) is 23.5 Å². The fourth-order valence-corrected chi connectivity index (χ4v) is 2.10. The van der Waals surface area contributed by atoms with Gasteiger partial charge in [-0.25, -0.2) is 4.79 Å². The van der Waals surface area contributed by atoms with Crippen LogP contribution in [0.25, 0.3) is 0 Å². The normalized spacial score (nSPS) is 11.2. The van der Waals surface area contributed by atoms with Gasteiger partial charge in [0.2, 0.25) is 0 Å². The first-order valence-corrected chi connectivity index (χ1v) is 6.76. The van der Waals surface area contributed by atoms with Crippen molar-refractivity contribution in [3.63, 3.8) is 0 Å². The maximum absolute atomic E-state index is 12.6. The first kappa shape index (κ1) is 15.3. The van der Waals surface area contributed by atoms with E-state index >= 15 is 0 Å². The lowest BCUT2D eigenvalue weighted by atomic mass is 10.2. The molecule has 0 amide bonds. The van der Waals surface area contributed by atoms with Crippen LogP contribution in [0, 0.1) is 0 Å². The van der Waals surface area contributed by atoms with Gasteiger partial charge in [-0.3, -0.25) is 0 Å². The molecule has 2 aromatic rings. The molecule has 8 heteroatoms. The molecule has 0 N–H and O–H groups in total. The van der Waals surface area contributed by atoms with Gasteiger partial charge in [0.05, 0.1) is 12.2 Å². The monoisotopic (exact) mass is 317 g/mol. The number of carbonyl (C=O) groups is 1. The van der Waals surface area contributed by atoms with Crippen molar-refractivity contribution in [3.05, 3.63) is 40.9 Å². The fraction of sp³-hybridized carbons (Fsp3) is 0.231. The molecule has 1 heterocycles. The number of carbonyl (C=O) groups excluding carboxylic acids is 1. The molecular formula is C13H10F3NO3S. The molecule has 0 radical (unpaired) electrons. The number of rotatable bonds is 4. The maximum Gasteiger partial charge on any atom is 0.416 e. The summed E-state index contributed by atoms with van der Waals surface area (Å²) < 4.78 is 47.7. The number of hydrogen-bond donors (Lipinski definition) is 0.